The fourth-order valence-electron chi connectivity index (χ4n) is 3.82. The first-order valence-electron chi connectivity index (χ1n) is 9.28. The zero-order valence-corrected chi connectivity index (χ0v) is 16.8. The number of amides is 1. The molecule has 0 saturated heterocycles. The van der Waals surface area contributed by atoms with Gasteiger partial charge in [-0.25, -0.2) is 4.98 Å². The van der Waals surface area contributed by atoms with E-state index in [4.69, 9.17) is 5.73 Å². The topological polar surface area (TPSA) is 60.9 Å². The summed E-state index contributed by atoms with van der Waals surface area (Å²) >= 11 is 1.49. The van der Waals surface area contributed by atoms with E-state index in [1.165, 1.54) is 11.8 Å². The fourth-order valence-corrected chi connectivity index (χ4v) is 4.40. The van der Waals surface area contributed by atoms with E-state index in [0.29, 0.717) is 0 Å². The highest BCUT2D eigenvalue weighted by Crippen LogP contribution is 2.42. The van der Waals surface area contributed by atoms with E-state index >= 15 is 0 Å². The maximum atomic E-state index is 12.0. The second kappa shape index (κ2) is 7.97. The van der Waals surface area contributed by atoms with Crippen molar-refractivity contribution in [2.45, 2.75) is 10.7 Å². The van der Waals surface area contributed by atoms with Gasteiger partial charge in [-0.2, -0.15) is 0 Å². The summed E-state index contributed by atoms with van der Waals surface area (Å²) in [5.41, 5.74) is 8.34. The largest absolute Gasteiger partial charge is 0.364 e. The van der Waals surface area contributed by atoms with E-state index in [1.807, 2.05) is 60.9 Å². The molecular formula is C24H21N3OS. The molecule has 5 heteroatoms. The molecule has 0 radical (unpaired) electrons. The third-order valence-corrected chi connectivity index (χ3v) is 5.70. The van der Waals surface area contributed by atoms with Crippen LogP contribution in [0.2, 0.25) is 0 Å². The molecule has 3 aromatic carbocycles. The Morgan fingerprint density at radius 2 is 1.24 bits per heavy atom. The summed E-state index contributed by atoms with van der Waals surface area (Å²) in [6.45, 7) is 0. The Balaban J connectivity index is 2.17. The summed E-state index contributed by atoms with van der Waals surface area (Å²) < 4.78 is 2.07. The third kappa shape index (κ3) is 3.23. The van der Waals surface area contributed by atoms with Crippen LogP contribution in [-0.2, 0) is 5.54 Å². The predicted octanol–water partition coefficient (Wildman–Crippen LogP) is 4.54. The van der Waals surface area contributed by atoms with Crippen LogP contribution in [0.25, 0.3) is 0 Å². The molecule has 0 aliphatic carbocycles. The van der Waals surface area contributed by atoms with E-state index in [2.05, 4.69) is 45.9 Å². The number of aromatic nitrogens is 2. The minimum absolute atomic E-state index is 0.251. The van der Waals surface area contributed by atoms with Gasteiger partial charge in [0, 0.05) is 6.20 Å². The van der Waals surface area contributed by atoms with Gasteiger partial charge >= 0.3 is 0 Å². The lowest BCUT2D eigenvalue weighted by Gasteiger charge is -2.38. The van der Waals surface area contributed by atoms with Gasteiger partial charge in [0.25, 0.3) is 5.91 Å². The Hall–Kier alpha value is -3.31. The van der Waals surface area contributed by atoms with Crippen LogP contribution in [0.5, 0.6) is 0 Å². The van der Waals surface area contributed by atoms with Gasteiger partial charge in [-0.3, -0.25) is 4.79 Å². The molecule has 0 aliphatic rings. The highest BCUT2D eigenvalue weighted by Gasteiger charge is 2.40. The van der Waals surface area contributed by atoms with Crippen molar-refractivity contribution in [3.63, 3.8) is 0 Å². The summed E-state index contributed by atoms with van der Waals surface area (Å²) in [7, 11) is 0. The second-order valence-corrected chi connectivity index (χ2v) is 7.43. The Bertz CT molecular complexity index is 1010. The van der Waals surface area contributed by atoms with Crippen LogP contribution >= 0.6 is 11.8 Å². The van der Waals surface area contributed by atoms with Crippen molar-refractivity contribution >= 4 is 17.7 Å². The number of rotatable bonds is 6. The van der Waals surface area contributed by atoms with Crippen molar-refractivity contribution in [3.8, 4) is 0 Å². The van der Waals surface area contributed by atoms with Gasteiger partial charge in [0.15, 0.2) is 5.16 Å². The molecular weight excluding hydrogens is 378 g/mol. The maximum absolute atomic E-state index is 12.0. The lowest BCUT2D eigenvalue weighted by atomic mass is 9.77. The summed E-state index contributed by atoms with van der Waals surface area (Å²) in [6.07, 6.45) is 3.72. The second-order valence-electron chi connectivity index (χ2n) is 6.66. The Morgan fingerprint density at radius 3 is 1.59 bits per heavy atom. The van der Waals surface area contributed by atoms with Crippen molar-refractivity contribution in [1.29, 1.82) is 0 Å². The molecule has 0 aliphatic heterocycles. The van der Waals surface area contributed by atoms with Gasteiger partial charge in [0.1, 0.15) is 11.2 Å². The molecule has 2 N–H and O–H groups in total. The first kappa shape index (κ1) is 19.0. The fraction of sp³-hybridized carbons (Fsp3) is 0.0833. The van der Waals surface area contributed by atoms with Crippen molar-refractivity contribution in [1.82, 2.24) is 9.55 Å². The minimum Gasteiger partial charge on any atom is -0.364 e. The van der Waals surface area contributed by atoms with Gasteiger partial charge in [0.2, 0.25) is 0 Å². The van der Waals surface area contributed by atoms with Gasteiger partial charge in [0.05, 0.1) is 0 Å². The van der Waals surface area contributed by atoms with Crippen LogP contribution in [0.3, 0.4) is 0 Å². The molecule has 4 rings (SSSR count). The van der Waals surface area contributed by atoms with Gasteiger partial charge in [-0.15, -0.1) is 0 Å². The normalized spacial score (nSPS) is 11.3. The number of imidazole rings is 1. The first-order valence-corrected chi connectivity index (χ1v) is 10.5. The number of hydrogen-bond acceptors (Lipinski definition) is 3. The van der Waals surface area contributed by atoms with E-state index < -0.39 is 11.4 Å². The van der Waals surface area contributed by atoms with Gasteiger partial charge in [-0.05, 0) is 22.9 Å². The van der Waals surface area contributed by atoms with Crippen molar-refractivity contribution in [3.05, 3.63) is 120 Å². The molecule has 1 aromatic heterocycles. The minimum atomic E-state index is -0.706. The zero-order chi connectivity index (χ0) is 20.3. The number of carbonyl (C=O) groups excluding carboxylic acids is 1. The molecule has 144 valence electrons. The Morgan fingerprint density at radius 1 is 0.828 bits per heavy atom. The Labute approximate surface area is 174 Å². The molecule has 1 heterocycles. The van der Waals surface area contributed by atoms with Crippen LogP contribution in [0, 0.1) is 0 Å². The first-order chi connectivity index (χ1) is 14.2. The molecule has 0 fully saturated rings. The highest BCUT2D eigenvalue weighted by atomic mass is 32.2. The number of hydrogen-bond donors (Lipinski definition) is 1. The molecule has 0 spiro atoms. The summed E-state index contributed by atoms with van der Waals surface area (Å²) in [5, 5.41) is 0.718. The van der Waals surface area contributed by atoms with Crippen LogP contribution < -0.4 is 5.73 Å². The molecule has 1 amide bonds. The molecule has 29 heavy (non-hydrogen) atoms. The Kier molecular flexibility index (Phi) is 5.23. The number of nitrogens with zero attached hydrogens (tertiary/aromatic N) is 2. The van der Waals surface area contributed by atoms with Gasteiger partial charge in [-0.1, -0.05) is 103 Å². The molecule has 0 unspecified atom stereocenters. The van der Waals surface area contributed by atoms with Crippen molar-refractivity contribution in [2.75, 3.05) is 6.26 Å². The standard InChI is InChI=1S/C24H21N3OS/c1-29-23-26-21(22(25)28)17-27(23)24(18-11-5-2-6-12-18,19-13-7-3-8-14-19)20-15-9-4-10-16-20/h2-17H,1H3,(H2,25,28). The van der Waals surface area contributed by atoms with Gasteiger partial charge < -0.3 is 10.3 Å². The molecule has 0 saturated carbocycles. The van der Waals surface area contributed by atoms with Crippen LogP contribution in [0.4, 0.5) is 0 Å². The SMILES string of the molecule is CSc1nc(C(N)=O)cn1C(c1ccccc1)(c1ccccc1)c1ccccc1. The van der Waals surface area contributed by atoms with Crippen molar-refractivity contribution in [2.24, 2.45) is 5.73 Å². The summed E-state index contributed by atoms with van der Waals surface area (Å²) in [4.78, 5) is 16.5. The number of benzene rings is 3. The number of primary amides is 1. The quantitative estimate of drug-likeness (QED) is 0.382. The number of nitrogens with two attached hydrogens (primary N) is 1. The van der Waals surface area contributed by atoms with Crippen LogP contribution in [0.15, 0.2) is 102 Å². The average molecular weight is 400 g/mol. The molecule has 0 atom stereocenters. The van der Waals surface area contributed by atoms with E-state index in [-0.39, 0.29) is 5.69 Å². The molecule has 0 bridgehead atoms. The van der Waals surface area contributed by atoms with Crippen LogP contribution in [-0.4, -0.2) is 21.7 Å². The molecule has 4 aromatic rings. The number of thioether (sulfide) groups is 1. The van der Waals surface area contributed by atoms with E-state index in [9.17, 15) is 4.79 Å². The average Bonchev–Trinajstić information content (AvgIpc) is 3.22. The zero-order valence-electron chi connectivity index (χ0n) is 16.0. The monoisotopic (exact) mass is 399 g/mol. The lowest BCUT2D eigenvalue weighted by molar-refractivity contribution is 0.0995. The molecule has 4 nitrogen and oxygen atoms in total. The highest BCUT2D eigenvalue weighted by molar-refractivity contribution is 7.98. The summed E-state index contributed by atoms with van der Waals surface area (Å²) in [6, 6.07) is 30.8. The maximum Gasteiger partial charge on any atom is 0.268 e. The lowest BCUT2D eigenvalue weighted by Crippen LogP contribution is -2.37. The summed E-state index contributed by atoms with van der Waals surface area (Å²) in [5.74, 6) is -0.540. The predicted molar refractivity (Wildman–Crippen MR) is 117 cm³/mol. The smallest absolute Gasteiger partial charge is 0.268 e. The van der Waals surface area contributed by atoms with Crippen molar-refractivity contribution < 1.29 is 4.79 Å². The van der Waals surface area contributed by atoms with E-state index in [1.54, 1.807) is 6.20 Å². The van der Waals surface area contributed by atoms with E-state index in [0.717, 1.165) is 21.8 Å². The van der Waals surface area contributed by atoms with Crippen LogP contribution in [0.1, 0.15) is 27.2 Å². The number of carbonyl (C=O) groups is 1. The third-order valence-electron chi connectivity index (χ3n) is 5.04.